The van der Waals surface area contributed by atoms with Gasteiger partial charge in [0.05, 0.1) is 10.2 Å². The third-order valence-electron chi connectivity index (χ3n) is 2.29. The van der Waals surface area contributed by atoms with Gasteiger partial charge in [-0.3, -0.25) is 0 Å². The van der Waals surface area contributed by atoms with Crippen LogP contribution in [-0.2, 0) is 0 Å². The Bertz CT molecular complexity index is 366. The van der Waals surface area contributed by atoms with Gasteiger partial charge in [0, 0.05) is 6.07 Å². The highest BCUT2D eigenvalue weighted by Gasteiger charge is 2.19. The molecular weight excluding hydrogens is 261 g/mol. The fraction of sp³-hybridized carbons (Fsp3) is 0.455. The van der Waals surface area contributed by atoms with Crippen LogP contribution in [0.2, 0.25) is 0 Å². The summed E-state index contributed by atoms with van der Waals surface area (Å²) in [6.07, 6.45) is 0.824. The molecule has 0 amide bonds. The van der Waals surface area contributed by atoms with E-state index in [1.54, 1.807) is 0 Å². The highest BCUT2D eigenvalue weighted by Crippen LogP contribution is 2.31. The Balaban J connectivity index is 3.01. The molecule has 2 N–H and O–H groups in total. The van der Waals surface area contributed by atoms with Crippen LogP contribution in [0.15, 0.2) is 16.6 Å². The maximum atomic E-state index is 13.3. The molecule has 0 bridgehead atoms. The second kappa shape index (κ2) is 4.39. The Hall–Kier alpha value is -0.770. The second-order valence-electron chi connectivity index (χ2n) is 4.02. The van der Waals surface area contributed by atoms with Crippen molar-refractivity contribution in [1.29, 1.82) is 0 Å². The maximum absolute atomic E-state index is 13.3. The fourth-order valence-corrected chi connectivity index (χ4v) is 1.36. The minimum absolute atomic E-state index is 0.339. The van der Waals surface area contributed by atoms with E-state index >= 15 is 0 Å². The Kier molecular flexibility index (Phi) is 3.60. The van der Waals surface area contributed by atoms with E-state index in [0.29, 0.717) is 15.9 Å². The average molecular weight is 276 g/mol. The lowest BCUT2D eigenvalue weighted by molar-refractivity contribution is 0.106. The molecule has 2 nitrogen and oxygen atoms in total. The zero-order chi connectivity index (χ0) is 11.6. The van der Waals surface area contributed by atoms with E-state index < -0.39 is 0 Å². The number of hydrogen-bond donors (Lipinski definition) is 1. The average Bonchev–Trinajstić information content (AvgIpc) is 2.14. The second-order valence-corrected chi connectivity index (χ2v) is 4.87. The quantitative estimate of drug-likeness (QED) is 0.853. The smallest absolute Gasteiger partial charge is 0.145 e. The molecule has 1 aromatic carbocycles. The highest BCUT2D eigenvalue weighted by molar-refractivity contribution is 9.10. The molecule has 0 spiro atoms. The number of rotatable bonds is 3. The van der Waals surface area contributed by atoms with Crippen molar-refractivity contribution in [3.05, 3.63) is 22.4 Å². The third kappa shape index (κ3) is 3.09. The summed E-state index contributed by atoms with van der Waals surface area (Å²) in [5, 5.41) is 0. The summed E-state index contributed by atoms with van der Waals surface area (Å²) in [6, 6.07) is 2.81. The number of halogens is 2. The van der Waals surface area contributed by atoms with Crippen molar-refractivity contribution < 1.29 is 9.13 Å². The van der Waals surface area contributed by atoms with Gasteiger partial charge in [-0.2, -0.15) is 0 Å². The summed E-state index contributed by atoms with van der Waals surface area (Å²) in [5.74, 6) is 0.0219. The number of nitrogen functional groups attached to an aromatic ring is 1. The van der Waals surface area contributed by atoms with Crippen molar-refractivity contribution in [2.45, 2.75) is 32.8 Å². The van der Waals surface area contributed by atoms with Gasteiger partial charge < -0.3 is 10.5 Å². The Labute approximate surface area is 97.7 Å². The van der Waals surface area contributed by atoms with E-state index in [-0.39, 0.29) is 11.4 Å². The number of ether oxygens (including phenoxy) is 1. The first-order valence-electron chi connectivity index (χ1n) is 4.79. The van der Waals surface area contributed by atoms with Gasteiger partial charge in [-0.05, 0) is 42.3 Å². The molecule has 0 aliphatic rings. The molecule has 0 aromatic heterocycles. The molecule has 0 unspecified atom stereocenters. The predicted octanol–water partition coefficient (Wildman–Crippen LogP) is 3.74. The van der Waals surface area contributed by atoms with Gasteiger partial charge in [0.25, 0.3) is 0 Å². The van der Waals surface area contributed by atoms with Gasteiger partial charge in [-0.15, -0.1) is 0 Å². The zero-order valence-corrected chi connectivity index (χ0v) is 10.7. The molecule has 0 saturated heterocycles. The van der Waals surface area contributed by atoms with Gasteiger partial charge in [-0.1, -0.05) is 6.92 Å². The lowest BCUT2D eigenvalue weighted by atomic mass is 10.1. The Morgan fingerprint density at radius 1 is 1.47 bits per heavy atom. The fourth-order valence-electron chi connectivity index (χ4n) is 1.00. The SMILES string of the molecule is CCC(C)(C)Oc1cc(F)c(Br)cc1N. The summed E-state index contributed by atoms with van der Waals surface area (Å²) in [7, 11) is 0. The molecule has 0 heterocycles. The molecule has 0 fully saturated rings. The van der Waals surface area contributed by atoms with Gasteiger partial charge in [0.2, 0.25) is 0 Å². The maximum Gasteiger partial charge on any atom is 0.145 e. The standard InChI is InChI=1S/C11H15BrFNO/c1-4-11(2,3)15-10-6-8(13)7(12)5-9(10)14/h5-6H,4,14H2,1-3H3. The third-order valence-corrected chi connectivity index (χ3v) is 2.90. The van der Waals surface area contributed by atoms with Crippen molar-refractivity contribution in [2.75, 3.05) is 5.73 Å². The topological polar surface area (TPSA) is 35.2 Å². The highest BCUT2D eigenvalue weighted by atomic mass is 79.9. The van der Waals surface area contributed by atoms with Crippen LogP contribution in [0.4, 0.5) is 10.1 Å². The minimum Gasteiger partial charge on any atom is -0.486 e. The summed E-state index contributed by atoms with van der Waals surface area (Å²) in [5.41, 5.74) is 5.83. The van der Waals surface area contributed by atoms with Crippen molar-refractivity contribution in [3.63, 3.8) is 0 Å². The Morgan fingerprint density at radius 3 is 2.60 bits per heavy atom. The first kappa shape index (κ1) is 12.3. The van der Waals surface area contributed by atoms with E-state index in [9.17, 15) is 4.39 Å². The molecular formula is C11H15BrFNO. The van der Waals surface area contributed by atoms with E-state index in [1.165, 1.54) is 12.1 Å². The molecule has 0 radical (unpaired) electrons. The van der Waals surface area contributed by atoms with Crippen molar-refractivity contribution in [2.24, 2.45) is 0 Å². The molecule has 0 saturated carbocycles. The normalized spacial score (nSPS) is 11.5. The van der Waals surface area contributed by atoms with Crippen LogP contribution in [0.1, 0.15) is 27.2 Å². The molecule has 15 heavy (non-hydrogen) atoms. The predicted molar refractivity (Wildman–Crippen MR) is 63.5 cm³/mol. The van der Waals surface area contributed by atoms with Crippen LogP contribution in [-0.4, -0.2) is 5.60 Å². The van der Waals surface area contributed by atoms with Crippen LogP contribution < -0.4 is 10.5 Å². The molecule has 84 valence electrons. The van der Waals surface area contributed by atoms with E-state index in [1.807, 2.05) is 20.8 Å². The summed E-state index contributed by atoms with van der Waals surface area (Å²) in [6.45, 7) is 5.88. The van der Waals surface area contributed by atoms with Gasteiger partial charge in [-0.25, -0.2) is 4.39 Å². The molecule has 1 rings (SSSR count). The largest absolute Gasteiger partial charge is 0.486 e. The van der Waals surface area contributed by atoms with Crippen LogP contribution in [0.25, 0.3) is 0 Å². The van der Waals surface area contributed by atoms with E-state index in [0.717, 1.165) is 6.42 Å². The zero-order valence-electron chi connectivity index (χ0n) is 9.10. The molecule has 1 aromatic rings. The summed E-state index contributed by atoms with van der Waals surface area (Å²) >= 11 is 3.07. The Morgan fingerprint density at radius 2 is 2.07 bits per heavy atom. The van der Waals surface area contributed by atoms with Gasteiger partial charge in [0.15, 0.2) is 0 Å². The van der Waals surface area contributed by atoms with Crippen LogP contribution in [0, 0.1) is 5.82 Å². The number of anilines is 1. The molecule has 4 heteroatoms. The van der Waals surface area contributed by atoms with Crippen molar-refractivity contribution >= 4 is 21.6 Å². The van der Waals surface area contributed by atoms with Crippen LogP contribution in [0.5, 0.6) is 5.75 Å². The molecule has 0 atom stereocenters. The number of benzene rings is 1. The number of nitrogens with two attached hydrogens (primary N) is 1. The van der Waals surface area contributed by atoms with Crippen molar-refractivity contribution in [3.8, 4) is 5.75 Å². The lowest BCUT2D eigenvalue weighted by Gasteiger charge is -2.25. The molecule has 0 aliphatic heterocycles. The van der Waals surface area contributed by atoms with Crippen molar-refractivity contribution in [1.82, 2.24) is 0 Å². The van der Waals surface area contributed by atoms with Crippen LogP contribution >= 0.6 is 15.9 Å². The number of hydrogen-bond acceptors (Lipinski definition) is 2. The van der Waals surface area contributed by atoms with Gasteiger partial charge in [0.1, 0.15) is 17.2 Å². The van der Waals surface area contributed by atoms with Gasteiger partial charge >= 0.3 is 0 Å². The van der Waals surface area contributed by atoms with E-state index in [2.05, 4.69) is 15.9 Å². The van der Waals surface area contributed by atoms with Crippen LogP contribution in [0.3, 0.4) is 0 Å². The first-order valence-corrected chi connectivity index (χ1v) is 5.58. The van der Waals surface area contributed by atoms with E-state index in [4.69, 9.17) is 10.5 Å². The summed E-state index contributed by atoms with van der Waals surface area (Å²) < 4.78 is 19.2. The monoisotopic (exact) mass is 275 g/mol. The molecule has 0 aliphatic carbocycles. The minimum atomic E-state index is -0.369. The summed E-state index contributed by atoms with van der Waals surface area (Å²) in [4.78, 5) is 0. The lowest BCUT2D eigenvalue weighted by Crippen LogP contribution is -2.27. The first-order chi connectivity index (χ1) is 6.85.